The summed E-state index contributed by atoms with van der Waals surface area (Å²) in [6.07, 6.45) is -1.61. The molecule has 2 aromatic rings. The van der Waals surface area contributed by atoms with Crippen LogP contribution in [0.5, 0.6) is 0 Å². The molecule has 0 saturated carbocycles. The molecule has 4 rings (SSSR count). The van der Waals surface area contributed by atoms with Crippen LogP contribution in [0.25, 0.3) is 0 Å². The molecule has 0 saturated heterocycles. The molecule has 2 N–H and O–H groups in total. The summed E-state index contributed by atoms with van der Waals surface area (Å²) in [4.78, 5) is 19.1. The molecule has 0 spiro atoms. The molecule has 0 aliphatic carbocycles. The SMILES string of the molecule is CCc1cccnc1N1NNC2=C1CCN(C(=O)c1cccc(C(F)(F)F)c1Cl)C2C. The average Bonchev–Trinajstić information content (AvgIpc) is 3.17. The summed E-state index contributed by atoms with van der Waals surface area (Å²) in [6, 6.07) is 6.88. The summed E-state index contributed by atoms with van der Waals surface area (Å²) in [7, 11) is 0. The maximum atomic E-state index is 13.2. The highest BCUT2D eigenvalue weighted by molar-refractivity contribution is 6.34. The van der Waals surface area contributed by atoms with E-state index in [0.717, 1.165) is 35.3 Å². The Balaban J connectivity index is 1.63. The van der Waals surface area contributed by atoms with Gasteiger partial charge in [-0.05, 0) is 37.1 Å². The van der Waals surface area contributed by atoms with Crippen molar-refractivity contribution in [1.82, 2.24) is 20.8 Å². The number of aryl methyl sites for hydroxylation is 1. The Morgan fingerprint density at radius 2 is 2.06 bits per heavy atom. The van der Waals surface area contributed by atoms with Gasteiger partial charge in [0.1, 0.15) is 0 Å². The van der Waals surface area contributed by atoms with Crippen molar-refractivity contribution < 1.29 is 18.0 Å². The molecule has 1 amide bonds. The van der Waals surface area contributed by atoms with E-state index in [2.05, 4.69) is 15.9 Å². The zero-order valence-corrected chi connectivity index (χ0v) is 17.7. The van der Waals surface area contributed by atoms with E-state index in [1.165, 1.54) is 17.0 Å². The lowest BCUT2D eigenvalue weighted by Crippen LogP contribution is -2.46. The highest BCUT2D eigenvalue weighted by Gasteiger charge is 2.39. The van der Waals surface area contributed by atoms with Crippen LogP contribution in [-0.2, 0) is 12.6 Å². The lowest BCUT2D eigenvalue weighted by molar-refractivity contribution is -0.137. The fraction of sp³-hybridized carbons (Fsp3) is 0.333. The summed E-state index contributed by atoms with van der Waals surface area (Å²) < 4.78 is 39.6. The molecule has 6 nitrogen and oxygen atoms in total. The number of hydrazine groups is 2. The fourth-order valence-electron chi connectivity index (χ4n) is 3.98. The molecule has 10 heteroatoms. The van der Waals surface area contributed by atoms with Gasteiger partial charge in [-0.2, -0.15) is 13.2 Å². The molecule has 2 aliphatic rings. The summed E-state index contributed by atoms with van der Waals surface area (Å²) in [5.74, 6) is 0.234. The van der Waals surface area contributed by atoms with Gasteiger partial charge in [0.15, 0.2) is 5.82 Å². The third-order valence-electron chi connectivity index (χ3n) is 5.61. The molecule has 164 valence electrons. The number of anilines is 1. The molecule has 1 atom stereocenters. The van der Waals surface area contributed by atoms with Gasteiger partial charge in [0.2, 0.25) is 0 Å². The van der Waals surface area contributed by atoms with Crippen molar-refractivity contribution in [1.29, 1.82) is 0 Å². The van der Waals surface area contributed by atoms with Crippen LogP contribution >= 0.6 is 11.6 Å². The van der Waals surface area contributed by atoms with Gasteiger partial charge in [0, 0.05) is 19.2 Å². The van der Waals surface area contributed by atoms with E-state index in [0.29, 0.717) is 13.0 Å². The van der Waals surface area contributed by atoms with Crippen LogP contribution in [-0.4, -0.2) is 28.4 Å². The van der Waals surface area contributed by atoms with Crippen molar-refractivity contribution in [3.05, 3.63) is 69.6 Å². The minimum Gasteiger partial charge on any atom is -0.330 e. The first kappa shape index (κ1) is 21.5. The zero-order chi connectivity index (χ0) is 22.3. The maximum Gasteiger partial charge on any atom is 0.417 e. The monoisotopic (exact) mass is 451 g/mol. The number of carbonyl (C=O) groups is 1. The number of amides is 1. The van der Waals surface area contributed by atoms with E-state index in [1.807, 2.05) is 31.0 Å². The molecule has 1 aromatic carbocycles. The average molecular weight is 452 g/mol. The second-order valence-electron chi connectivity index (χ2n) is 7.36. The first-order valence-corrected chi connectivity index (χ1v) is 10.3. The van der Waals surface area contributed by atoms with Crippen LogP contribution in [0.2, 0.25) is 5.02 Å². The number of pyridine rings is 1. The first-order chi connectivity index (χ1) is 14.7. The molecule has 2 aliphatic heterocycles. The van der Waals surface area contributed by atoms with E-state index >= 15 is 0 Å². The summed E-state index contributed by atoms with van der Waals surface area (Å²) in [5, 5.41) is 1.29. The van der Waals surface area contributed by atoms with Crippen molar-refractivity contribution in [3.8, 4) is 0 Å². The third kappa shape index (κ3) is 3.72. The van der Waals surface area contributed by atoms with E-state index < -0.39 is 28.7 Å². The van der Waals surface area contributed by atoms with Crippen molar-refractivity contribution in [2.45, 2.75) is 38.9 Å². The van der Waals surface area contributed by atoms with Crippen molar-refractivity contribution in [2.75, 3.05) is 11.6 Å². The zero-order valence-electron chi connectivity index (χ0n) is 16.9. The van der Waals surface area contributed by atoms with Crippen molar-refractivity contribution >= 4 is 23.3 Å². The Morgan fingerprint density at radius 3 is 2.77 bits per heavy atom. The Bertz CT molecular complexity index is 1060. The Hall–Kier alpha value is -2.78. The normalized spacial score (nSPS) is 18.8. The van der Waals surface area contributed by atoms with E-state index in [9.17, 15) is 18.0 Å². The van der Waals surface area contributed by atoms with E-state index in [4.69, 9.17) is 11.6 Å². The maximum absolute atomic E-state index is 13.2. The number of halogens is 4. The van der Waals surface area contributed by atoms with E-state index in [1.54, 1.807) is 6.20 Å². The number of nitrogens with zero attached hydrogens (tertiary/aromatic N) is 3. The minimum atomic E-state index is -4.63. The number of hydrogen-bond donors (Lipinski definition) is 2. The van der Waals surface area contributed by atoms with Crippen molar-refractivity contribution in [2.24, 2.45) is 0 Å². The predicted octanol–water partition coefficient (Wildman–Crippen LogP) is 4.29. The second kappa shape index (κ2) is 8.05. The summed E-state index contributed by atoms with van der Waals surface area (Å²) in [5.41, 5.74) is 7.80. The second-order valence-corrected chi connectivity index (χ2v) is 7.74. The minimum absolute atomic E-state index is 0.159. The smallest absolute Gasteiger partial charge is 0.330 e. The van der Waals surface area contributed by atoms with E-state index in [-0.39, 0.29) is 5.56 Å². The van der Waals surface area contributed by atoms with Crippen LogP contribution in [0.1, 0.15) is 41.8 Å². The number of benzene rings is 1. The fourth-order valence-corrected chi connectivity index (χ4v) is 4.29. The van der Waals surface area contributed by atoms with Gasteiger partial charge in [-0.1, -0.05) is 30.7 Å². The van der Waals surface area contributed by atoms with Crippen LogP contribution < -0.4 is 16.0 Å². The largest absolute Gasteiger partial charge is 0.417 e. The van der Waals surface area contributed by atoms with Gasteiger partial charge < -0.3 is 10.3 Å². The quantitative estimate of drug-likeness (QED) is 0.729. The molecule has 0 radical (unpaired) electrons. The molecule has 1 aromatic heterocycles. The van der Waals surface area contributed by atoms with Gasteiger partial charge in [-0.25, -0.2) is 9.99 Å². The molecule has 31 heavy (non-hydrogen) atoms. The number of aromatic nitrogens is 1. The van der Waals surface area contributed by atoms with Crippen LogP contribution in [0.15, 0.2) is 47.9 Å². The molecule has 1 unspecified atom stereocenters. The van der Waals surface area contributed by atoms with Crippen LogP contribution in [0.3, 0.4) is 0 Å². The van der Waals surface area contributed by atoms with Gasteiger partial charge in [-0.3, -0.25) is 4.79 Å². The number of hydrogen-bond acceptors (Lipinski definition) is 5. The van der Waals surface area contributed by atoms with Gasteiger partial charge >= 0.3 is 6.18 Å². The number of nitrogens with one attached hydrogen (secondary N) is 2. The molecular formula is C21H21ClF3N5O. The standard InChI is InChI=1S/C21H21ClF3N5O/c1-3-13-6-5-10-26-19(13)30-16-9-11-29(12(2)18(16)27-28-30)20(31)14-7-4-8-15(17(14)22)21(23,24)25/h4-8,10,12,27-28H,3,9,11H2,1-2H3. The van der Waals surface area contributed by atoms with Crippen molar-refractivity contribution in [3.63, 3.8) is 0 Å². The Morgan fingerprint density at radius 1 is 1.29 bits per heavy atom. The molecule has 0 bridgehead atoms. The number of rotatable bonds is 3. The molecule has 3 heterocycles. The summed E-state index contributed by atoms with van der Waals surface area (Å²) in [6.45, 7) is 4.20. The van der Waals surface area contributed by atoms with Gasteiger partial charge in [-0.15, -0.1) is 5.53 Å². The Kier molecular flexibility index (Phi) is 5.57. The predicted molar refractivity (Wildman–Crippen MR) is 111 cm³/mol. The lowest BCUT2D eigenvalue weighted by Gasteiger charge is -2.35. The molecular weight excluding hydrogens is 431 g/mol. The van der Waals surface area contributed by atoms with Crippen LogP contribution in [0, 0.1) is 0 Å². The lowest BCUT2D eigenvalue weighted by atomic mass is 10.0. The number of alkyl halides is 3. The Labute approximate surface area is 182 Å². The summed E-state index contributed by atoms with van der Waals surface area (Å²) >= 11 is 5.98. The van der Waals surface area contributed by atoms with Gasteiger partial charge in [0.25, 0.3) is 5.91 Å². The topological polar surface area (TPSA) is 60.5 Å². The highest BCUT2D eigenvalue weighted by Crippen LogP contribution is 2.38. The van der Waals surface area contributed by atoms with Gasteiger partial charge in [0.05, 0.1) is 33.6 Å². The van der Waals surface area contributed by atoms with Crippen LogP contribution in [0.4, 0.5) is 19.0 Å². The number of carbonyl (C=O) groups excluding carboxylic acids is 1. The highest BCUT2D eigenvalue weighted by atomic mass is 35.5. The third-order valence-corrected chi connectivity index (χ3v) is 6.02. The first-order valence-electron chi connectivity index (χ1n) is 9.89. The molecule has 0 fully saturated rings.